The molecule has 2 rings (SSSR count). The van der Waals surface area contributed by atoms with Gasteiger partial charge in [0.05, 0.1) is 4.92 Å². The van der Waals surface area contributed by atoms with E-state index in [1.54, 1.807) is 0 Å². The lowest BCUT2D eigenvalue weighted by molar-refractivity contribution is -0.385. The SMILES string of the molecule is NCC1CCCCN1C(=O)CCn1cc([N+](=O)[O-])cn1. The van der Waals surface area contributed by atoms with E-state index in [-0.39, 0.29) is 24.1 Å². The Labute approximate surface area is 116 Å². The first-order chi connectivity index (χ1) is 9.61. The summed E-state index contributed by atoms with van der Waals surface area (Å²) in [6.45, 7) is 1.58. The Morgan fingerprint density at radius 2 is 2.35 bits per heavy atom. The van der Waals surface area contributed by atoms with Gasteiger partial charge in [0.1, 0.15) is 12.4 Å². The van der Waals surface area contributed by atoms with E-state index in [0.29, 0.717) is 13.1 Å². The van der Waals surface area contributed by atoms with Crippen LogP contribution in [0.15, 0.2) is 12.4 Å². The molecular formula is C12H19N5O3. The Morgan fingerprint density at radius 3 is 3.00 bits per heavy atom. The summed E-state index contributed by atoms with van der Waals surface area (Å²) >= 11 is 0. The highest BCUT2D eigenvalue weighted by Gasteiger charge is 2.25. The molecule has 0 aromatic carbocycles. The molecule has 110 valence electrons. The van der Waals surface area contributed by atoms with Crippen LogP contribution in [0.1, 0.15) is 25.7 Å². The smallest absolute Gasteiger partial charge is 0.306 e. The summed E-state index contributed by atoms with van der Waals surface area (Å²) < 4.78 is 1.43. The van der Waals surface area contributed by atoms with Crippen LogP contribution in [0.3, 0.4) is 0 Å². The second-order valence-corrected chi connectivity index (χ2v) is 4.94. The number of piperidine rings is 1. The quantitative estimate of drug-likeness (QED) is 0.625. The van der Waals surface area contributed by atoms with Gasteiger partial charge in [0, 0.05) is 32.1 Å². The molecule has 8 nitrogen and oxygen atoms in total. The van der Waals surface area contributed by atoms with Crippen molar-refractivity contribution in [2.75, 3.05) is 13.1 Å². The third-order valence-electron chi connectivity index (χ3n) is 3.60. The summed E-state index contributed by atoms with van der Waals surface area (Å²) in [6.07, 6.45) is 5.88. The lowest BCUT2D eigenvalue weighted by atomic mass is 10.0. The van der Waals surface area contributed by atoms with Gasteiger partial charge in [0.2, 0.25) is 5.91 Å². The molecule has 0 aliphatic carbocycles. The molecule has 1 unspecified atom stereocenters. The predicted octanol–water partition coefficient (Wildman–Crippen LogP) is 0.521. The standard InChI is InChI=1S/C12H19N5O3/c13-7-10-3-1-2-5-16(10)12(18)4-6-15-9-11(8-14-15)17(19)20/h8-10H,1-7,13H2. The van der Waals surface area contributed by atoms with Crippen LogP contribution in [0, 0.1) is 10.1 Å². The number of carbonyl (C=O) groups excluding carboxylic acids is 1. The van der Waals surface area contributed by atoms with E-state index in [2.05, 4.69) is 5.10 Å². The first kappa shape index (κ1) is 14.4. The molecule has 2 heterocycles. The fourth-order valence-electron chi connectivity index (χ4n) is 2.50. The lowest BCUT2D eigenvalue weighted by Gasteiger charge is -2.35. The number of aryl methyl sites for hydroxylation is 1. The van der Waals surface area contributed by atoms with Crippen molar-refractivity contribution in [2.24, 2.45) is 5.73 Å². The summed E-state index contributed by atoms with van der Waals surface area (Å²) in [6, 6.07) is 0.128. The highest BCUT2D eigenvalue weighted by molar-refractivity contribution is 5.76. The molecule has 1 aromatic rings. The molecule has 8 heteroatoms. The number of likely N-dealkylation sites (tertiary alicyclic amines) is 1. The Hall–Kier alpha value is -1.96. The first-order valence-corrected chi connectivity index (χ1v) is 6.78. The van der Waals surface area contributed by atoms with Crippen LogP contribution in [0.4, 0.5) is 5.69 Å². The van der Waals surface area contributed by atoms with Gasteiger partial charge in [-0.25, -0.2) is 0 Å². The first-order valence-electron chi connectivity index (χ1n) is 6.78. The van der Waals surface area contributed by atoms with E-state index in [1.807, 2.05) is 4.90 Å². The third-order valence-corrected chi connectivity index (χ3v) is 3.60. The largest absolute Gasteiger partial charge is 0.338 e. The van der Waals surface area contributed by atoms with Crippen LogP contribution in [0.25, 0.3) is 0 Å². The number of rotatable bonds is 5. The van der Waals surface area contributed by atoms with Gasteiger partial charge in [-0.15, -0.1) is 0 Å². The highest BCUT2D eigenvalue weighted by atomic mass is 16.6. The van der Waals surface area contributed by atoms with Crippen LogP contribution in [-0.4, -0.2) is 44.6 Å². The summed E-state index contributed by atoms with van der Waals surface area (Å²) in [4.78, 5) is 24.1. The van der Waals surface area contributed by atoms with Gasteiger partial charge in [-0.3, -0.25) is 19.6 Å². The second kappa shape index (κ2) is 6.47. The van der Waals surface area contributed by atoms with E-state index in [1.165, 1.54) is 17.1 Å². The molecule has 1 fully saturated rings. The number of amides is 1. The number of nitrogens with zero attached hydrogens (tertiary/aromatic N) is 4. The number of carbonyl (C=O) groups is 1. The number of nitro groups is 1. The summed E-state index contributed by atoms with van der Waals surface area (Å²) in [7, 11) is 0. The minimum absolute atomic E-state index is 0.0401. The predicted molar refractivity (Wildman–Crippen MR) is 71.9 cm³/mol. The molecule has 1 amide bonds. The van der Waals surface area contributed by atoms with Crippen molar-refractivity contribution in [3.63, 3.8) is 0 Å². The van der Waals surface area contributed by atoms with Gasteiger partial charge >= 0.3 is 5.69 Å². The van der Waals surface area contributed by atoms with Gasteiger partial charge in [-0.2, -0.15) is 5.10 Å². The molecule has 1 atom stereocenters. The molecule has 1 aliphatic heterocycles. The topological polar surface area (TPSA) is 107 Å². The minimum atomic E-state index is -0.500. The van der Waals surface area contributed by atoms with Crippen molar-refractivity contribution in [1.29, 1.82) is 0 Å². The van der Waals surface area contributed by atoms with Crippen LogP contribution < -0.4 is 5.73 Å². The fourth-order valence-corrected chi connectivity index (χ4v) is 2.50. The Kier molecular flexibility index (Phi) is 4.67. The number of hydrogen-bond donors (Lipinski definition) is 1. The maximum absolute atomic E-state index is 12.2. The highest BCUT2D eigenvalue weighted by Crippen LogP contribution is 2.17. The minimum Gasteiger partial charge on any atom is -0.338 e. The molecule has 20 heavy (non-hydrogen) atoms. The van der Waals surface area contributed by atoms with E-state index in [4.69, 9.17) is 5.73 Å². The zero-order valence-corrected chi connectivity index (χ0v) is 11.3. The van der Waals surface area contributed by atoms with Crippen LogP contribution >= 0.6 is 0 Å². The Morgan fingerprint density at radius 1 is 1.55 bits per heavy atom. The summed E-state index contributed by atoms with van der Waals surface area (Å²) in [5.41, 5.74) is 5.63. The van der Waals surface area contributed by atoms with Crippen molar-refractivity contribution >= 4 is 11.6 Å². The Bertz CT molecular complexity index is 487. The molecular weight excluding hydrogens is 262 g/mol. The number of nitrogens with two attached hydrogens (primary N) is 1. The molecule has 0 bridgehead atoms. The van der Waals surface area contributed by atoms with Gasteiger partial charge in [-0.05, 0) is 19.3 Å². The summed E-state index contributed by atoms with van der Waals surface area (Å²) in [5, 5.41) is 14.4. The third kappa shape index (κ3) is 3.32. The van der Waals surface area contributed by atoms with Gasteiger partial charge in [0.15, 0.2) is 0 Å². The second-order valence-electron chi connectivity index (χ2n) is 4.94. The summed E-state index contributed by atoms with van der Waals surface area (Å²) in [5.74, 6) is 0.0401. The maximum atomic E-state index is 12.2. The van der Waals surface area contributed by atoms with E-state index in [0.717, 1.165) is 25.8 Å². The lowest BCUT2D eigenvalue weighted by Crippen LogP contribution is -2.47. The van der Waals surface area contributed by atoms with Crippen LogP contribution in [0.5, 0.6) is 0 Å². The van der Waals surface area contributed by atoms with Crippen molar-refractivity contribution in [1.82, 2.24) is 14.7 Å². The van der Waals surface area contributed by atoms with Crippen molar-refractivity contribution in [3.8, 4) is 0 Å². The molecule has 2 N–H and O–H groups in total. The van der Waals surface area contributed by atoms with E-state index in [9.17, 15) is 14.9 Å². The fraction of sp³-hybridized carbons (Fsp3) is 0.667. The van der Waals surface area contributed by atoms with Gasteiger partial charge in [0.25, 0.3) is 0 Å². The van der Waals surface area contributed by atoms with Crippen LogP contribution in [0.2, 0.25) is 0 Å². The normalized spacial score (nSPS) is 19.1. The monoisotopic (exact) mass is 281 g/mol. The average molecular weight is 281 g/mol. The van der Waals surface area contributed by atoms with Crippen molar-refractivity contribution < 1.29 is 9.72 Å². The van der Waals surface area contributed by atoms with Crippen molar-refractivity contribution in [2.45, 2.75) is 38.3 Å². The van der Waals surface area contributed by atoms with Crippen molar-refractivity contribution in [3.05, 3.63) is 22.5 Å². The van der Waals surface area contributed by atoms with E-state index >= 15 is 0 Å². The number of aromatic nitrogens is 2. The molecule has 1 aliphatic rings. The Balaban J connectivity index is 1.88. The van der Waals surface area contributed by atoms with E-state index < -0.39 is 4.92 Å². The zero-order chi connectivity index (χ0) is 14.5. The zero-order valence-electron chi connectivity index (χ0n) is 11.3. The molecule has 0 spiro atoms. The molecule has 0 radical (unpaired) electrons. The molecule has 0 saturated carbocycles. The average Bonchev–Trinajstić information content (AvgIpc) is 2.94. The molecule has 1 aromatic heterocycles. The number of hydrogen-bond acceptors (Lipinski definition) is 5. The molecule has 1 saturated heterocycles. The van der Waals surface area contributed by atoms with Gasteiger partial charge < -0.3 is 10.6 Å². The van der Waals surface area contributed by atoms with Gasteiger partial charge in [-0.1, -0.05) is 0 Å². The van der Waals surface area contributed by atoms with Crippen LogP contribution in [-0.2, 0) is 11.3 Å². The maximum Gasteiger partial charge on any atom is 0.306 e.